The molecule has 292 valence electrons. The molecule has 0 amide bonds. The van der Waals surface area contributed by atoms with E-state index in [0.717, 1.165) is 21.3 Å². The van der Waals surface area contributed by atoms with E-state index >= 15 is 0 Å². The molecule has 0 spiro atoms. The van der Waals surface area contributed by atoms with Crippen LogP contribution in [0.5, 0.6) is 0 Å². The summed E-state index contributed by atoms with van der Waals surface area (Å²) in [5.74, 6) is 0. The van der Waals surface area contributed by atoms with Crippen LogP contribution in [0.3, 0.4) is 0 Å². The molecule has 10 N–H and O–H groups in total. The van der Waals surface area contributed by atoms with Crippen molar-refractivity contribution in [2.75, 3.05) is 13.2 Å². The Kier molecular flexibility index (Phi) is 10.8. The second kappa shape index (κ2) is 15.2. The fourth-order valence-electron chi connectivity index (χ4n) is 6.21. The number of rotatable bonds is 14. The lowest BCUT2D eigenvalue weighted by molar-refractivity contribution is -0.0917. The molecule has 0 radical (unpaired) electrons. The molecule has 22 nitrogen and oxygen atoms in total. The van der Waals surface area contributed by atoms with Gasteiger partial charge in [-0.3, -0.25) is 39.1 Å². The maximum absolute atomic E-state index is 13.4. The minimum atomic E-state index is -5.58. The quantitative estimate of drug-likeness (QED) is 0.0464. The lowest BCUT2D eigenvalue weighted by Crippen LogP contribution is -2.48. The summed E-state index contributed by atoms with van der Waals surface area (Å²) in [6.07, 6.45) is -13.3. The van der Waals surface area contributed by atoms with E-state index in [1.807, 2.05) is 9.97 Å². The Morgan fingerprint density at radius 3 is 1.31 bits per heavy atom. The molecule has 4 heterocycles. The lowest BCUT2D eigenvalue weighted by atomic mass is 10.0. The Morgan fingerprint density at radius 2 is 0.945 bits per heavy atom. The number of nitrogens with zero attached hydrogens (tertiary/aromatic N) is 2. The van der Waals surface area contributed by atoms with Crippen LogP contribution in [0.2, 0.25) is 0 Å². The zero-order valence-electron chi connectivity index (χ0n) is 28.0. The van der Waals surface area contributed by atoms with E-state index in [0.29, 0.717) is 0 Å². The minimum absolute atomic E-state index is 0.0387. The molecule has 0 saturated carbocycles. The molecule has 0 bridgehead atoms. The number of hydrogen-bond donors (Lipinski definition) is 10. The van der Waals surface area contributed by atoms with Crippen molar-refractivity contribution >= 4 is 32.5 Å². The molecule has 0 fully saturated rings. The number of fused-ring (bicyclic) bond motifs is 4. The number of H-pyrrole nitrogens is 4. The first-order valence-electron chi connectivity index (χ1n) is 16.2. The van der Waals surface area contributed by atoms with Gasteiger partial charge in [-0.25, -0.2) is 18.0 Å². The van der Waals surface area contributed by atoms with Gasteiger partial charge >= 0.3 is 21.8 Å². The van der Waals surface area contributed by atoms with Crippen molar-refractivity contribution in [2.45, 2.75) is 49.7 Å². The molecule has 55 heavy (non-hydrogen) atoms. The summed E-state index contributed by atoms with van der Waals surface area (Å²) < 4.78 is 38.8. The maximum Gasteiger partial charge on any atom is 0.400 e. The minimum Gasteiger partial charge on any atom is -0.394 e. The third kappa shape index (κ3) is 7.95. The Hall–Kier alpha value is -5.63. The van der Waals surface area contributed by atoms with Gasteiger partial charge in [0.15, 0.2) is 10.9 Å². The molecule has 2 aromatic heterocycles. The van der Waals surface area contributed by atoms with Gasteiger partial charge in [0.25, 0.3) is 11.1 Å². The molecule has 0 aromatic carbocycles. The summed E-state index contributed by atoms with van der Waals surface area (Å²) in [7, 11) is -5.58. The van der Waals surface area contributed by atoms with Gasteiger partial charge in [-0.1, -0.05) is 0 Å². The van der Waals surface area contributed by atoms with E-state index < -0.39 is 107 Å². The number of nitrogens with one attached hydrogen (secondary N) is 4. The molecular formula is C32H32N6O16S. The summed E-state index contributed by atoms with van der Waals surface area (Å²) >= 11 is 0. The average molecular weight is 789 g/mol. The smallest absolute Gasteiger partial charge is 0.394 e. The van der Waals surface area contributed by atoms with Crippen LogP contribution in [0.25, 0.3) is 44.6 Å². The summed E-state index contributed by atoms with van der Waals surface area (Å²) in [6.45, 7) is -4.03. The van der Waals surface area contributed by atoms with Crippen LogP contribution < -0.4 is 33.4 Å². The zero-order valence-corrected chi connectivity index (χ0v) is 28.8. The van der Waals surface area contributed by atoms with Crippen molar-refractivity contribution in [3.05, 3.63) is 111 Å². The van der Waals surface area contributed by atoms with Crippen LogP contribution in [0.1, 0.15) is 0 Å². The van der Waals surface area contributed by atoms with Gasteiger partial charge in [-0.15, -0.1) is 0 Å². The van der Waals surface area contributed by atoms with Crippen LogP contribution in [0, 0.1) is 0 Å². The standard InChI is InChI=1S/C32H32N6O16S/c39-11-23(45)25(21(43)9-37-19-7-15(41)3-1-13(19)5-17-27(37)33-31(49)35-29(17)47)53-55(51,52)54-26(24(46)12-40)22(44)10-38-20-8-16(42)4-2-14(20)6-18-28(38)34-32(50)36-30(18)48/h1-8,21-26,39-40,43-46H,9-12H2,(H2,33,35,47,49)(H2,34,36,48,50). The van der Waals surface area contributed by atoms with Crippen molar-refractivity contribution in [3.8, 4) is 22.5 Å². The molecule has 2 aromatic rings. The first-order chi connectivity index (χ1) is 26.0. The third-order valence-electron chi connectivity index (χ3n) is 8.73. The van der Waals surface area contributed by atoms with Gasteiger partial charge in [0.05, 0.1) is 48.5 Å². The van der Waals surface area contributed by atoms with Crippen LogP contribution in [0.4, 0.5) is 0 Å². The molecule has 2 aliphatic carbocycles. The molecule has 0 saturated heterocycles. The second-order valence-electron chi connectivity index (χ2n) is 12.5. The molecule has 6 atom stereocenters. The number of benzene rings is 2. The van der Waals surface area contributed by atoms with Gasteiger partial charge in [-0.2, -0.15) is 8.42 Å². The number of aromatic amines is 4. The van der Waals surface area contributed by atoms with E-state index in [2.05, 4.69) is 9.97 Å². The summed E-state index contributed by atoms with van der Waals surface area (Å²) in [6, 6.07) is 9.87. The Morgan fingerprint density at radius 1 is 0.564 bits per heavy atom. The number of aliphatic hydroxyl groups excluding tert-OH is 6. The first kappa shape index (κ1) is 39.1. The van der Waals surface area contributed by atoms with Crippen LogP contribution in [0.15, 0.2) is 77.3 Å². The number of aromatic nitrogens is 6. The van der Waals surface area contributed by atoms with E-state index in [4.69, 9.17) is 8.37 Å². The molecule has 2 aliphatic heterocycles. The van der Waals surface area contributed by atoms with Gasteiger partial charge in [0.2, 0.25) is 0 Å². The fourth-order valence-corrected chi connectivity index (χ4v) is 7.31. The second-order valence-corrected chi connectivity index (χ2v) is 13.7. The van der Waals surface area contributed by atoms with E-state index in [1.54, 1.807) is 0 Å². The van der Waals surface area contributed by atoms with Gasteiger partial charge < -0.3 is 39.8 Å². The molecule has 6 unspecified atom stereocenters. The van der Waals surface area contributed by atoms with Gasteiger partial charge in [0, 0.05) is 12.1 Å². The van der Waals surface area contributed by atoms with Crippen LogP contribution >= 0.6 is 0 Å². The third-order valence-corrected chi connectivity index (χ3v) is 9.65. The zero-order chi connectivity index (χ0) is 39.9. The van der Waals surface area contributed by atoms with Gasteiger partial charge in [-0.05, 0) is 47.5 Å². The SMILES string of the molecule is O=c1ccc2cc3c(=O)[nH]c(=O)[nH]c3n(CC(O)C(OS(=O)(=O)OC(C(O)CO)C(O)Cn3c4cc(=O)ccc-4cc4c(=O)[nH]c(=O)[nH]c43)C(O)CO)c-2c1. The topological polar surface area (TPSA) is 349 Å². The lowest BCUT2D eigenvalue weighted by Gasteiger charge is -2.31. The van der Waals surface area contributed by atoms with Crippen molar-refractivity contribution in [1.29, 1.82) is 0 Å². The fraction of sp³-hybridized carbons (Fsp3) is 0.312. The Bertz CT molecular complexity index is 2620. The highest BCUT2D eigenvalue weighted by Gasteiger charge is 2.39. The predicted molar refractivity (Wildman–Crippen MR) is 189 cm³/mol. The van der Waals surface area contributed by atoms with Crippen molar-refractivity contribution in [1.82, 2.24) is 29.1 Å². The highest BCUT2D eigenvalue weighted by Crippen LogP contribution is 2.28. The van der Waals surface area contributed by atoms with Crippen LogP contribution in [-0.4, -0.2) is 118 Å². The summed E-state index contributed by atoms with van der Waals surface area (Å²) in [5, 5.41) is 63.1. The van der Waals surface area contributed by atoms with Crippen molar-refractivity contribution in [3.63, 3.8) is 0 Å². The van der Waals surface area contributed by atoms with E-state index in [9.17, 15) is 67.8 Å². The normalized spacial score (nSPS) is 15.7. The highest BCUT2D eigenvalue weighted by molar-refractivity contribution is 7.81. The van der Waals surface area contributed by atoms with Crippen LogP contribution in [-0.2, 0) is 31.9 Å². The molecule has 6 rings (SSSR count). The first-order valence-corrected chi connectivity index (χ1v) is 17.5. The molecule has 4 aliphatic rings. The van der Waals surface area contributed by atoms with E-state index in [-0.39, 0.29) is 44.6 Å². The number of pyridine rings is 2. The highest BCUT2D eigenvalue weighted by atomic mass is 32.3. The van der Waals surface area contributed by atoms with Gasteiger partial charge in [0.1, 0.15) is 47.9 Å². The largest absolute Gasteiger partial charge is 0.400 e. The van der Waals surface area contributed by atoms with Crippen molar-refractivity contribution < 1.29 is 47.4 Å². The van der Waals surface area contributed by atoms with E-state index in [1.165, 1.54) is 36.4 Å². The molecular weight excluding hydrogens is 756 g/mol. The Labute approximate surface area is 304 Å². The number of hydrogen-bond acceptors (Lipinski definition) is 16. The van der Waals surface area contributed by atoms with Crippen molar-refractivity contribution in [2.24, 2.45) is 0 Å². The average Bonchev–Trinajstić information content (AvgIpc) is 3.13. The summed E-state index contributed by atoms with van der Waals surface area (Å²) in [5.41, 5.74) is -4.61. The summed E-state index contributed by atoms with van der Waals surface area (Å²) in [4.78, 5) is 83.0. The molecule has 23 heteroatoms. The predicted octanol–water partition coefficient (Wildman–Crippen LogP) is -4.58. The maximum atomic E-state index is 13.4. The Balaban J connectivity index is 1.34. The number of aliphatic hydroxyl groups is 6. The monoisotopic (exact) mass is 788 g/mol.